The maximum atomic E-state index is 12.8. The molecule has 0 N–H and O–H groups in total. The molecule has 0 amide bonds. The van der Waals surface area contributed by atoms with Crippen LogP contribution in [0.5, 0.6) is 0 Å². The first-order valence-electron chi connectivity index (χ1n) is 5.08. The van der Waals surface area contributed by atoms with E-state index in [1.165, 1.54) is 12.1 Å². The lowest BCUT2D eigenvalue weighted by Gasteiger charge is -2.11. The highest BCUT2D eigenvalue weighted by Crippen LogP contribution is 2.17. The van der Waals surface area contributed by atoms with Crippen molar-refractivity contribution in [3.05, 3.63) is 51.6 Å². The standard InChI is InChI=1S/C12H12FIN2/c1-9(7-16-8-12(14)6-15-16)10-2-4-11(13)5-3-10/h2-6,8-9H,7H2,1H3/t9-/m0/s1. The molecule has 2 aromatic rings. The summed E-state index contributed by atoms with van der Waals surface area (Å²) < 4.78 is 15.8. The topological polar surface area (TPSA) is 17.8 Å². The van der Waals surface area contributed by atoms with Gasteiger partial charge in [-0.25, -0.2) is 4.39 Å². The predicted molar refractivity (Wildman–Crippen MR) is 69.8 cm³/mol. The fourth-order valence-electron chi connectivity index (χ4n) is 1.62. The van der Waals surface area contributed by atoms with Crippen LogP contribution in [-0.2, 0) is 6.54 Å². The summed E-state index contributed by atoms with van der Waals surface area (Å²) in [6.45, 7) is 2.93. The van der Waals surface area contributed by atoms with Gasteiger partial charge in [-0.1, -0.05) is 19.1 Å². The van der Waals surface area contributed by atoms with Crippen LogP contribution < -0.4 is 0 Å². The Morgan fingerprint density at radius 3 is 2.62 bits per heavy atom. The molecule has 0 unspecified atom stereocenters. The molecule has 0 bridgehead atoms. The summed E-state index contributed by atoms with van der Waals surface area (Å²) in [4.78, 5) is 0. The maximum Gasteiger partial charge on any atom is 0.123 e. The SMILES string of the molecule is C[C@@H](Cn1cc(I)cn1)c1ccc(F)cc1. The molecular formula is C12H12FIN2. The second-order valence-corrected chi connectivity index (χ2v) is 5.08. The van der Waals surface area contributed by atoms with E-state index < -0.39 is 0 Å². The lowest BCUT2D eigenvalue weighted by atomic mass is 10.0. The van der Waals surface area contributed by atoms with Crippen LogP contribution in [0.4, 0.5) is 4.39 Å². The zero-order chi connectivity index (χ0) is 11.5. The lowest BCUT2D eigenvalue weighted by Crippen LogP contribution is -2.06. The number of aromatic nitrogens is 2. The molecule has 4 heteroatoms. The monoisotopic (exact) mass is 330 g/mol. The number of hydrogen-bond donors (Lipinski definition) is 0. The summed E-state index contributed by atoms with van der Waals surface area (Å²) in [5.74, 6) is 0.140. The third-order valence-electron chi connectivity index (χ3n) is 2.50. The Kier molecular flexibility index (Phi) is 3.58. The van der Waals surface area contributed by atoms with Crippen LogP contribution >= 0.6 is 22.6 Å². The Balaban J connectivity index is 2.08. The Hall–Kier alpha value is -0.910. The van der Waals surface area contributed by atoms with E-state index in [9.17, 15) is 4.39 Å². The van der Waals surface area contributed by atoms with Crippen molar-refractivity contribution in [1.29, 1.82) is 0 Å². The van der Waals surface area contributed by atoms with E-state index in [0.29, 0.717) is 5.92 Å². The first-order chi connectivity index (χ1) is 7.65. The van der Waals surface area contributed by atoms with Gasteiger partial charge in [0.15, 0.2) is 0 Å². The number of rotatable bonds is 3. The van der Waals surface area contributed by atoms with E-state index in [-0.39, 0.29) is 5.82 Å². The minimum atomic E-state index is -0.190. The number of hydrogen-bond acceptors (Lipinski definition) is 1. The van der Waals surface area contributed by atoms with Gasteiger partial charge in [-0.15, -0.1) is 0 Å². The van der Waals surface area contributed by atoms with E-state index in [1.54, 1.807) is 0 Å². The molecule has 0 saturated carbocycles. The van der Waals surface area contributed by atoms with E-state index in [2.05, 4.69) is 34.6 Å². The van der Waals surface area contributed by atoms with Crippen LogP contribution in [0.1, 0.15) is 18.4 Å². The highest BCUT2D eigenvalue weighted by atomic mass is 127. The van der Waals surface area contributed by atoms with Crippen LogP contribution in [0.2, 0.25) is 0 Å². The molecule has 0 saturated heterocycles. The molecule has 0 aliphatic carbocycles. The van der Waals surface area contributed by atoms with Crippen molar-refractivity contribution in [2.45, 2.75) is 19.4 Å². The predicted octanol–water partition coefficient (Wildman–Crippen LogP) is 3.43. The molecule has 1 atom stereocenters. The summed E-state index contributed by atoms with van der Waals surface area (Å²) in [7, 11) is 0. The van der Waals surface area contributed by atoms with E-state index in [0.717, 1.165) is 15.7 Å². The van der Waals surface area contributed by atoms with Crippen LogP contribution in [0, 0.1) is 9.39 Å². The molecule has 0 spiro atoms. The van der Waals surface area contributed by atoms with Crippen molar-refractivity contribution in [3.8, 4) is 0 Å². The second-order valence-electron chi connectivity index (χ2n) is 3.83. The van der Waals surface area contributed by atoms with Gasteiger partial charge in [-0.3, -0.25) is 4.68 Å². The average Bonchev–Trinajstić information content (AvgIpc) is 2.65. The molecule has 0 aliphatic rings. The molecule has 16 heavy (non-hydrogen) atoms. The van der Waals surface area contributed by atoms with Gasteiger partial charge < -0.3 is 0 Å². The van der Waals surface area contributed by atoms with Crippen molar-refractivity contribution < 1.29 is 4.39 Å². The summed E-state index contributed by atoms with van der Waals surface area (Å²) in [6.07, 6.45) is 3.83. The summed E-state index contributed by atoms with van der Waals surface area (Å²) >= 11 is 2.23. The molecule has 2 rings (SSSR count). The van der Waals surface area contributed by atoms with Gasteiger partial charge >= 0.3 is 0 Å². The summed E-state index contributed by atoms with van der Waals surface area (Å²) in [5, 5.41) is 4.23. The molecule has 1 aromatic heterocycles. The second kappa shape index (κ2) is 4.95. The number of halogens is 2. The van der Waals surface area contributed by atoms with Gasteiger partial charge in [0.2, 0.25) is 0 Å². The first-order valence-corrected chi connectivity index (χ1v) is 6.16. The smallest absolute Gasteiger partial charge is 0.123 e. The maximum absolute atomic E-state index is 12.8. The quantitative estimate of drug-likeness (QED) is 0.789. The van der Waals surface area contributed by atoms with E-state index >= 15 is 0 Å². The van der Waals surface area contributed by atoms with Gasteiger partial charge in [0, 0.05) is 18.7 Å². The molecule has 1 heterocycles. The summed E-state index contributed by atoms with van der Waals surface area (Å²) in [6, 6.07) is 6.65. The van der Waals surface area contributed by atoms with E-state index in [1.807, 2.05) is 29.2 Å². The van der Waals surface area contributed by atoms with Gasteiger partial charge in [0.25, 0.3) is 0 Å². The lowest BCUT2D eigenvalue weighted by molar-refractivity contribution is 0.541. The van der Waals surface area contributed by atoms with Crippen molar-refractivity contribution in [3.63, 3.8) is 0 Å². The molecule has 0 radical (unpaired) electrons. The Labute approximate surface area is 108 Å². The van der Waals surface area contributed by atoms with Gasteiger partial charge in [-0.2, -0.15) is 5.10 Å². The first kappa shape index (κ1) is 11.6. The number of nitrogens with zero attached hydrogens (tertiary/aromatic N) is 2. The van der Waals surface area contributed by atoms with Crippen LogP contribution in [0.25, 0.3) is 0 Å². The van der Waals surface area contributed by atoms with Crippen LogP contribution in [0.3, 0.4) is 0 Å². The normalized spacial score (nSPS) is 12.7. The molecule has 0 aliphatic heterocycles. The Bertz CT molecular complexity index is 464. The minimum absolute atomic E-state index is 0.190. The molecule has 1 aromatic carbocycles. The molecule has 2 nitrogen and oxygen atoms in total. The molecule has 84 valence electrons. The van der Waals surface area contributed by atoms with E-state index in [4.69, 9.17) is 0 Å². The molecule has 0 fully saturated rings. The highest BCUT2D eigenvalue weighted by molar-refractivity contribution is 14.1. The third kappa shape index (κ3) is 2.81. The zero-order valence-electron chi connectivity index (χ0n) is 8.90. The fourth-order valence-corrected chi connectivity index (χ4v) is 2.06. The van der Waals surface area contributed by atoms with Crippen molar-refractivity contribution in [2.24, 2.45) is 0 Å². The largest absolute Gasteiger partial charge is 0.271 e. The van der Waals surface area contributed by atoms with Gasteiger partial charge in [-0.05, 0) is 40.3 Å². The molecular weight excluding hydrogens is 318 g/mol. The van der Waals surface area contributed by atoms with Crippen LogP contribution in [0.15, 0.2) is 36.7 Å². The zero-order valence-corrected chi connectivity index (χ0v) is 11.1. The van der Waals surface area contributed by atoms with Crippen molar-refractivity contribution in [1.82, 2.24) is 9.78 Å². The third-order valence-corrected chi connectivity index (χ3v) is 3.06. The Morgan fingerprint density at radius 2 is 2.06 bits per heavy atom. The van der Waals surface area contributed by atoms with Crippen molar-refractivity contribution in [2.75, 3.05) is 0 Å². The highest BCUT2D eigenvalue weighted by Gasteiger charge is 2.07. The van der Waals surface area contributed by atoms with Gasteiger partial charge in [0.05, 0.1) is 9.77 Å². The number of benzene rings is 1. The fraction of sp³-hybridized carbons (Fsp3) is 0.250. The minimum Gasteiger partial charge on any atom is -0.271 e. The average molecular weight is 330 g/mol. The van der Waals surface area contributed by atoms with Crippen LogP contribution in [-0.4, -0.2) is 9.78 Å². The van der Waals surface area contributed by atoms with Gasteiger partial charge in [0.1, 0.15) is 5.82 Å². The van der Waals surface area contributed by atoms with Crippen molar-refractivity contribution >= 4 is 22.6 Å². The Morgan fingerprint density at radius 1 is 1.38 bits per heavy atom. The summed E-state index contributed by atoms with van der Waals surface area (Å²) in [5.41, 5.74) is 1.13.